The van der Waals surface area contributed by atoms with Gasteiger partial charge in [-0.3, -0.25) is 4.90 Å². The molecule has 0 radical (unpaired) electrons. The molecule has 2 atom stereocenters. The normalized spacial score (nSPS) is 25.5. The zero-order valence-electron chi connectivity index (χ0n) is 10.3. The third-order valence-electron chi connectivity index (χ3n) is 3.60. The average molecular weight is 222 g/mol. The summed E-state index contributed by atoms with van der Waals surface area (Å²) in [6, 6.07) is 0.406. The van der Waals surface area contributed by atoms with Crippen LogP contribution in [0.25, 0.3) is 0 Å². The topological polar surface area (TPSA) is 47.1 Å². The molecule has 2 unspecified atom stereocenters. The highest BCUT2D eigenvalue weighted by atomic mass is 15.2. The van der Waals surface area contributed by atoms with E-state index in [-0.39, 0.29) is 0 Å². The molecule has 1 saturated carbocycles. The molecule has 4 heteroatoms. The third kappa shape index (κ3) is 2.62. The Labute approximate surface area is 97.4 Å². The maximum atomic E-state index is 6.08. The molecule has 0 amide bonds. The summed E-state index contributed by atoms with van der Waals surface area (Å²) in [5, 5.41) is 0. The van der Waals surface area contributed by atoms with Gasteiger partial charge in [0.15, 0.2) is 0 Å². The maximum Gasteiger partial charge on any atom is 0.122 e. The van der Waals surface area contributed by atoms with Crippen LogP contribution in [0.3, 0.4) is 0 Å². The Morgan fingerprint density at radius 1 is 1.56 bits per heavy atom. The van der Waals surface area contributed by atoms with E-state index in [9.17, 15) is 0 Å². The molecule has 90 valence electrons. The third-order valence-corrected chi connectivity index (χ3v) is 3.60. The Hall–Kier alpha value is -0.870. The van der Waals surface area contributed by atoms with E-state index in [0.29, 0.717) is 12.0 Å². The van der Waals surface area contributed by atoms with E-state index >= 15 is 0 Å². The molecule has 1 aliphatic carbocycles. The van der Waals surface area contributed by atoms with E-state index in [0.717, 1.165) is 18.9 Å². The van der Waals surface area contributed by atoms with Gasteiger partial charge >= 0.3 is 0 Å². The van der Waals surface area contributed by atoms with Crippen LogP contribution in [0.1, 0.15) is 25.1 Å². The molecule has 1 fully saturated rings. The second-order valence-electron chi connectivity index (χ2n) is 5.01. The monoisotopic (exact) mass is 222 g/mol. The van der Waals surface area contributed by atoms with Gasteiger partial charge in [0.1, 0.15) is 5.82 Å². The summed E-state index contributed by atoms with van der Waals surface area (Å²) in [4.78, 5) is 6.67. The van der Waals surface area contributed by atoms with Crippen LogP contribution in [0.2, 0.25) is 0 Å². The second-order valence-corrected chi connectivity index (χ2v) is 5.01. The van der Waals surface area contributed by atoms with Gasteiger partial charge in [-0.25, -0.2) is 4.98 Å². The number of aryl methyl sites for hydroxylation is 1. The predicted octanol–water partition coefficient (Wildman–Crippen LogP) is 0.979. The van der Waals surface area contributed by atoms with E-state index in [1.54, 1.807) is 0 Å². The fourth-order valence-electron chi connectivity index (χ4n) is 2.55. The van der Waals surface area contributed by atoms with Crippen molar-refractivity contribution in [3.8, 4) is 0 Å². The van der Waals surface area contributed by atoms with Crippen LogP contribution < -0.4 is 5.73 Å². The lowest BCUT2D eigenvalue weighted by Crippen LogP contribution is -2.34. The lowest BCUT2D eigenvalue weighted by molar-refractivity contribution is 0.252. The van der Waals surface area contributed by atoms with Crippen molar-refractivity contribution in [1.29, 1.82) is 0 Å². The quantitative estimate of drug-likeness (QED) is 0.826. The Morgan fingerprint density at radius 2 is 2.38 bits per heavy atom. The van der Waals surface area contributed by atoms with Crippen molar-refractivity contribution in [2.24, 2.45) is 18.7 Å². The SMILES string of the molecule is CN(Cc1nccn1C)CC1CCCC1N. The molecule has 0 spiro atoms. The largest absolute Gasteiger partial charge is 0.337 e. The first-order valence-corrected chi connectivity index (χ1v) is 6.07. The summed E-state index contributed by atoms with van der Waals surface area (Å²) in [5.74, 6) is 1.79. The Balaban J connectivity index is 1.84. The van der Waals surface area contributed by atoms with Gasteiger partial charge in [0.25, 0.3) is 0 Å². The molecule has 0 saturated heterocycles. The van der Waals surface area contributed by atoms with Crippen LogP contribution in [0.5, 0.6) is 0 Å². The molecule has 1 heterocycles. The summed E-state index contributed by atoms with van der Waals surface area (Å²) >= 11 is 0. The molecule has 16 heavy (non-hydrogen) atoms. The average Bonchev–Trinajstić information content (AvgIpc) is 2.79. The van der Waals surface area contributed by atoms with Gasteiger partial charge in [-0.05, 0) is 25.8 Å². The van der Waals surface area contributed by atoms with E-state index < -0.39 is 0 Å². The Kier molecular flexibility index (Phi) is 3.61. The Morgan fingerprint density at radius 3 is 2.94 bits per heavy atom. The first-order chi connectivity index (χ1) is 7.66. The number of hydrogen-bond donors (Lipinski definition) is 1. The molecule has 4 nitrogen and oxygen atoms in total. The molecule has 0 bridgehead atoms. The van der Waals surface area contributed by atoms with Crippen molar-refractivity contribution < 1.29 is 0 Å². The number of rotatable bonds is 4. The van der Waals surface area contributed by atoms with E-state index in [2.05, 4.69) is 21.5 Å². The zero-order valence-corrected chi connectivity index (χ0v) is 10.3. The zero-order chi connectivity index (χ0) is 11.5. The minimum atomic E-state index is 0.406. The fraction of sp³-hybridized carbons (Fsp3) is 0.750. The van der Waals surface area contributed by atoms with E-state index in [1.807, 2.05) is 19.4 Å². The number of imidazole rings is 1. The summed E-state index contributed by atoms with van der Waals surface area (Å²) in [7, 11) is 4.19. The molecule has 1 aliphatic rings. The van der Waals surface area contributed by atoms with Gasteiger partial charge in [-0.1, -0.05) is 6.42 Å². The van der Waals surface area contributed by atoms with Gasteiger partial charge in [-0.15, -0.1) is 0 Å². The summed E-state index contributed by atoms with van der Waals surface area (Å²) < 4.78 is 2.07. The van der Waals surface area contributed by atoms with Crippen LogP contribution in [0.15, 0.2) is 12.4 Å². The molecular formula is C12H22N4. The van der Waals surface area contributed by atoms with Crippen molar-refractivity contribution in [3.63, 3.8) is 0 Å². The molecule has 2 rings (SSSR count). The molecule has 1 aromatic rings. The van der Waals surface area contributed by atoms with Gasteiger partial charge in [-0.2, -0.15) is 0 Å². The van der Waals surface area contributed by atoms with Crippen LogP contribution >= 0.6 is 0 Å². The molecule has 2 N–H and O–H groups in total. The number of nitrogens with two attached hydrogens (primary N) is 1. The first kappa shape index (κ1) is 11.6. The first-order valence-electron chi connectivity index (χ1n) is 6.07. The van der Waals surface area contributed by atoms with Crippen molar-refractivity contribution in [2.75, 3.05) is 13.6 Å². The lowest BCUT2D eigenvalue weighted by Gasteiger charge is -2.23. The maximum absolute atomic E-state index is 6.08. The van der Waals surface area contributed by atoms with Crippen molar-refractivity contribution >= 4 is 0 Å². The van der Waals surface area contributed by atoms with E-state index in [4.69, 9.17) is 5.73 Å². The van der Waals surface area contributed by atoms with Crippen LogP contribution in [0.4, 0.5) is 0 Å². The van der Waals surface area contributed by atoms with Crippen LogP contribution in [0, 0.1) is 5.92 Å². The molecule has 0 aliphatic heterocycles. The van der Waals surface area contributed by atoms with Crippen molar-refractivity contribution in [3.05, 3.63) is 18.2 Å². The minimum absolute atomic E-state index is 0.406. The van der Waals surface area contributed by atoms with Gasteiger partial charge in [0.2, 0.25) is 0 Å². The number of hydrogen-bond acceptors (Lipinski definition) is 3. The Bertz CT molecular complexity index is 334. The van der Waals surface area contributed by atoms with Gasteiger partial charge < -0.3 is 10.3 Å². The standard InChI is InChI=1S/C12H22N4/c1-15(8-10-4-3-5-11(10)13)9-12-14-6-7-16(12)2/h6-7,10-11H,3-5,8-9,13H2,1-2H3. The number of aromatic nitrogens is 2. The van der Waals surface area contributed by atoms with Gasteiger partial charge in [0.05, 0.1) is 6.54 Å². The summed E-state index contributed by atoms with van der Waals surface area (Å²) in [5.41, 5.74) is 6.08. The van der Waals surface area contributed by atoms with Crippen molar-refractivity contribution in [1.82, 2.24) is 14.5 Å². The summed E-state index contributed by atoms with van der Waals surface area (Å²) in [6.07, 6.45) is 7.62. The van der Waals surface area contributed by atoms with E-state index in [1.165, 1.54) is 19.3 Å². The highest BCUT2D eigenvalue weighted by Crippen LogP contribution is 2.24. The fourth-order valence-corrected chi connectivity index (χ4v) is 2.55. The highest BCUT2D eigenvalue weighted by molar-refractivity contribution is 4.91. The second kappa shape index (κ2) is 4.97. The lowest BCUT2D eigenvalue weighted by atomic mass is 10.0. The smallest absolute Gasteiger partial charge is 0.122 e. The van der Waals surface area contributed by atoms with Gasteiger partial charge in [0, 0.05) is 32.0 Å². The summed E-state index contributed by atoms with van der Waals surface area (Å²) in [6.45, 7) is 2.00. The molecule has 0 aromatic carbocycles. The molecule has 1 aromatic heterocycles. The van der Waals surface area contributed by atoms with Crippen LogP contribution in [-0.4, -0.2) is 34.1 Å². The van der Waals surface area contributed by atoms with Crippen LogP contribution in [-0.2, 0) is 13.6 Å². The molecular weight excluding hydrogens is 200 g/mol. The van der Waals surface area contributed by atoms with Crippen molar-refractivity contribution in [2.45, 2.75) is 31.8 Å². The highest BCUT2D eigenvalue weighted by Gasteiger charge is 2.24. The number of nitrogens with zero attached hydrogens (tertiary/aromatic N) is 3. The predicted molar refractivity (Wildman–Crippen MR) is 64.9 cm³/mol. The minimum Gasteiger partial charge on any atom is -0.337 e.